The number of hydrogen-bond donors (Lipinski definition) is 2. The van der Waals surface area contributed by atoms with Crippen molar-refractivity contribution in [3.05, 3.63) is 71.3 Å². The number of carbonyl (C=O) groups is 5. The number of amides is 3. The van der Waals surface area contributed by atoms with Crippen LogP contribution < -0.4 is 10.6 Å². The first kappa shape index (κ1) is 39.2. The molecule has 2 aromatic carbocycles. The van der Waals surface area contributed by atoms with Gasteiger partial charge in [0.1, 0.15) is 11.6 Å². The molecular formula is C39H55N3O7. The van der Waals surface area contributed by atoms with Gasteiger partial charge in [-0.2, -0.15) is 0 Å². The van der Waals surface area contributed by atoms with Gasteiger partial charge in [0, 0.05) is 37.8 Å². The van der Waals surface area contributed by atoms with Crippen LogP contribution in [0.15, 0.2) is 54.6 Å². The predicted octanol–water partition coefficient (Wildman–Crippen LogP) is 5.79. The van der Waals surface area contributed by atoms with E-state index in [1.165, 1.54) is 7.11 Å². The smallest absolute Gasteiger partial charge is 0.407 e. The Hall–Kier alpha value is -4.21. The third kappa shape index (κ3) is 12.6. The number of unbranched alkanes of at least 4 members (excludes halogenated alkanes) is 1. The summed E-state index contributed by atoms with van der Waals surface area (Å²) in [5.41, 5.74) is 2.49. The van der Waals surface area contributed by atoms with Crippen molar-refractivity contribution in [2.75, 3.05) is 13.7 Å². The monoisotopic (exact) mass is 677 g/mol. The number of rotatable bonds is 16. The van der Waals surface area contributed by atoms with Crippen LogP contribution in [0.2, 0.25) is 0 Å². The van der Waals surface area contributed by atoms with Crippen molar-refractivity contribution >= 4 is 29.7 Å². The van der Waals surface area contributed by atoms with Crippen LogP contribution in [0, 0.1) is 17.8 Å². The van der Waals surface area contributed by atoms with Gasteiger partial charge in [0.15, 0.2) is 5.78 Å². The van der Waals surface area contributed by atoms with Gasteiger partial charge in [-0.25, -0.2) is 9.59 Å². The standard InChI is InChI=1S/C39H55N3O7/c1-26(2)21-31(35(44)41-32(37(46)48-7)19-13-14-20-40-38(47)49-39(4,5)6)24-34(43)33-23-29-17-11-12-18-30(29)25-42(33)36(45)27(3)22-28-15-9-8-10-16-28/h8-12,15-18,26-27,31-33H,13-14,19-25H2,1-7H3,(H,40,47)(H,41,44)/t27-,31-,32-,33+/m1/s1. The molecule has 1 aliphatic rings. The van der Waals surface area contributed by atoms with E-state index < -0.39 is 41.6 Å². The van der Waals surface area contributed by atoms with Crippen molar-refractivity contribution in [2.45, 2.75) is 111 Å². The number of ketones is 1. The highest BCUT2D eigenvalue weighted by Gasteiger charge is 2.38. The molecule has 0 saturated heterocycles. The number of benzene rings is 2. The lowest BCUT2D eigenvalue weighted by atomic mass is 9.84. The van der Waals surface area contributed by atoms with Gasteiger partial charge in [0.2, 0.25) is 11.8 Å². The summed E-state index contributed by atoms with van der Waals surface area (Å²) < 4.78 is 10.2. The third-order valence-electron chi connectivity index (χ3n) is 8.67. The summed E-state index contributed by atoms with van der Waals surface area (Å²) in [6.07, 6.45) is 2.21. The summed E-state index contributed by atoms with van der Waals surface area (Å²) in [7, 11) is 1.27. The Balaban J connectivity index is 1.71. The Morgan fingerprint density at radius 3 is 2.20 bits per heavy atom. The van der Waals surface area contributed by atoms with Gasteiger partial charge >= 0.3 is 12.1 Å². The Bertz CT molecular complexity index is 1420. The minimum absolute atomic E-state index is 0.0542. The highest BCUT2D eigenvalue weighted by atomic mass is 16.6. The number of alkyl carbamates (subject to hydrolysis) is 1. The number of nitrogens with zero attached hydrogens (tertiary/aromatic N) is 1. The quantitative estimate of drug-likeness (QED) is 0.170. The van der Waals surface area contributed by atoms with Crippen LogP contribution >= 0.6 is 0 Å². The molecule has 3 rings (SSSR count). The van der Waals surface area contributed by atoms with E-state index in [9.17, 15) is 24.0 Å². The number of nitrogens with one attached hydrogen (secondary N) is 2. The average molecular weight is 678 g/mol. The Morgan fingerprint density at radius 2 is 1.57 bits per heavy atom. The molecule has 0 radical (unpaired) electrons. The highest BCUT2D eigenvalue weighted by Crippen LogP contribution is 2.29. The second-order valence-electron chi connectivity index (χ2n) is 14.6. The second-order valence-corrected chi connectivity index (χ2v) is 14.6. The molecule has 10 nitrogen and oxygen atoms in total. The van der Waals surface area contributed by atoms with Gasteiger partial charge in [-0.3, -0.25) is 14.4 Å². The van der Waals surface area contributed by atoms with Crippen LogP contribution in [0.3, 0.4) is 0 Å². The minimum atomic E-state index is -0.901. The van der Waals surface area contributed by atoms with E-state index in [0.29, 0.717) is 51.6 Å². The largest absolute Gasteiger partial charge is 0.467 e. The molecule has 0 fully saturated rings. The van der Waals surface area contributed by atoms with Gasteiger partial charge in [-0.05, 0) is 75.5 Å². The lowest BCUT2D eigenvalue weighted by molar-refractivity contribution is -0.147. The minimum Gasteiger partial charge on any atom is -0.467 e. The zero-order chi connectivity index (χ0) is 36.1. The second kappa shape index (κ2) is 18.5. The maximum atomic E-state index is 14.2. The molecule has 0 unspecified atom stereocenters. The molecule has 1 heterocycles. The number of ether oxygens (including phenoxy) is 2. The molecule has 49 heavy (non-hydrogen) atoms. The van der Waals surface area contributed by atoms with Crippen LogP contribution in [0.25, 0.3) is 0 Å². The maximum Gasteiger partial charge on any atom is 0.407 e. The fourth-order valence-electron chi connectivity index (χ4n) is 6.27. The van der Waals surface area contributed by atoms with Crippen molar-refractivity contribution in [1.29, 1.82) is 0 Å². The van der Waals surface area contributed by atoms with E-state index in [1.807, 2.05) is 75.4 Å². The van der Waals surface area contributed by atoms with Crippen molar-refractivity contribution in [3.63, 3.8) is 0 Å². The first-order valence-corrected chi connectivity index (χ1v) is 17.5. The number of carbonyl (C=O) groups excluding carboxylic acids is 5. The first-order valence-electron chi connectivity index (χ1n) is 17.5. The van der Waals surface area contributed by atoms with Crippen LogP contribution in [0.5, 0.6) is 0 Å². The van der Waals surface area contributed by atoms with Gasteiger partial charge in [-0.15, -0.1) is 0 Å². The zero-order valence-electron chi connectivity index (χ0n) is 30.3. The fraction of sp³-hybridized carbons (Fsp3) is 0.564. The van der Waals surface area contributed by atoms with E-state index in [0.717, 1.165) is 16.7 Å². The molecule has 2 N–H and O–H groups in total. The summed E-state index contributed by atoms with van der Waals surface area (Å²) in [5.74, 6) is -2.14. The summed E-state index contributed by atoms with van der Waals surface area (Å²) >= 11 is 0. The van der Waals surface area contributed by atoms with E-state index in [-0.39, 0.29) is 29.9 Å². The van der Waals surface area contributed by atoms with Crippen molar-refractivity contribution < 1.29 is 33.4 Å². The van der Waals surface area contributed by atoms with Gasteiger partial charge in [-0.1, -0.05) is 75.4 Å². The fourth-order valence-corrected chi connectivity index (χ4v) is 6.27. The molecule has 3 amide bonds. The molecule has 4 atom stereocenters. The predicted molar refractivity (Wildman–Crippen MR) is 188 cm³/mol. The number of hydrogen-bond acceptors (Lipinski definition) is 7. The van der Waals surface area contributed by atoms with E-state index >= 15 is 0 Å². The van der Waals surface area contributed by atoms with E-state index in [2.05, 4.69) is 10.6 Å². The number of fused-ring (bicyclic) bond motifs is 1. The van der Waals surface area contributed by atoms with E-state index in [1.54, 1.807) is 25.7 Å². The Morgan fingerprint density at radius 1 is 0.918 bits per heavy atom. The average Bonchev–Trinajstić information content (AvgIpc) is 3.05. The zero-order valence-corrected chi connectivity index (χ0v) is 30.3. The highest BCUT2D eigenvalue weighted by molar-refractivity contribution is 5.94. The van der Waals surface area contributed by atoms with Gasteiger partial charge in [0.25, 0.3) is 0 Å². The summed E-state index contributed by atoms with van der Waals surface area (Å²) in [4.78, 5) is 68.1. The Labute approximate surface area is 291 Å². The molecule has 10 heteroatoms. The normalized spacial score (nSPS) is 16.2. The summed E-state index contributed by atoms with van der Waals surface area (Å²) in [5, 5.41) is 5.54. The number of esters is 1. The summed E-state index contributed by atoms with van der Waals surface area (Å²) in [6, 6.07) is 16.1. The Kier molecular flexibility index (Phi) is 14.8. The lowest BCUT2D eigenvalue weighted by Gasteiger charge is -2.38. The number of methoxy groups -OCH3 is 1. The van der Waals surface area contributed by atoms with Crippen LogP contribution in [-0.2, 0) is 48.0 Å². The van der Waals surface area contributed by atoms with Gasteiger partial charge < -0.3 is 25.0 Å². The third-order valence-corrected chi connectivity index (χ3v) is 8.67. The van der Waals surface area contributed by atoms with Crippen molar-refractivity contribution in [1.82, 2.24) is 15.5 Å². The molecule has 1 aliphatic heterocycles. The molecule has 0 saturated carbocycles. The lowest BCUT2D eigenvalue weighted by Crippen LogP contribution is -2.51. The van der Waals surface area contributed by atoms with E-state index in [4.69, 9.17) is 9.47 Å². The first-order chi connectivity index (χ1) is 23.2. The number of Topliss-reactive ketones (excluding diaryl/α,β-unsaturated/α-hetero) is 1. The summed E-state index contributed by atoms with van der Waals surface area (Å²) in [6.45, 7) is 11.9. The molecule has 0 spiro atoms. The molecule has 0 bridgehead atoms. The molecule has 0 aliphatic carbocycles. The van der Waals surface area contributed by atoms with Crippen LogP contribution in [0.1, 0.15) is 90.3 Å². The topological polar surface area (TPSA) is 131 Å². The van der Waals surface area contributed by atoms with Gasteiger partial charge in [0.05, 0.1) is 13.2 Å². The molecule has 2 aromatic rings. The SMILES string of the molecule is COC(=O)[C@@H](CCCCNC(=O)OC(C)(C)C)NC(=O)[C@@H](CC(=O)[C@@H]1Cc2ccccc2CN1C(=O)[C@H](C)Cc1ccccc1)CC(C)C. The molecule has 0 aromatic heterocycles. The van der Waals surface area contributed by atoms with Crippen LogP contribution in [-0.4, -0.2) is 65.9 Å². The molecule has 268 valence electrons. The van der Waals surface area contributed by atoms with Crippen molar-refractivity contribution in [3.8, 4) is 0 Å². The van der Waals surface area contributed by atoms with Crippen molar-refractivity contribution in [2.24, 2.45) is 17.8 Å². The molecular weight excluding hydrogens is 622 g/mol. The van der Waals surface area contributed by atoms with Crippen LogP contribution in [0.4, 0.5) is 4.79 Å². The maximum absolute atomic E-state index is 14.2.